The van der Waals surface area contributed by atoms with Crippen molar-refractivity contribution in [1.82, 2.24) is 10.2 Å². The van der Waals surface area contributed by atoms with Gasteiger partial charge in [-0.15, -0.1) is 5.10 Å². The van der Waals surface area contributed by atoms with Crippen LogP contribution in [0.5, 0.6) is 0 Å². The van der Waals surface area contributed by atoms with Gasteiger partial charge in [0.1, 0.15) is 6.07 Å². The summed E-state index contributed by atoms with van der Waals surface area (Å²) in [7, 11) is 0. The second-order valence-electron chi connectivity index (χ2n) is 3.80. The van der Waals surface area contributed by atoms with E-state index in [-0.39, 0.29) is 0 Å². The Morgan fingerprint density at radius 3 is 3.12 bits per heavy atom. The first-order valence-electron chi connectivity index (χ1n) is 5.43. The van der Waals surface area contributed by atoms with Crippen molar-refractivity contribution in [3.8, 4) is 6.07 Å². The Labute approximate surface area is 94.4 Å². The molecule has 0 atom stereocenters. The highest BCUT2D eigenvalue weighted by atomic mass is 16.5. The lowest BCUT2D eigenvalue weighted by molar-refractivity contribution is 0.00290. The highest BCUT2D eigenvalue weighted by Gasteiger charge is 2.30. The van der Waals surface area contributed by atoms with Gasteiger partial charge < -0.3 is 10.1 Å². The van der Waals surface area contributed by atoms with Gasteiger partial charge in [-0.2, -0.15) is 10.4 Å². The van der Waals surface area contributed by atoms with Crippen molar-refractivity contribution in [1.29, 1.82) is 5.26 Å². The molecular weight excluding hydrogens is 204 g/mol. The summed E-state index contributed by atoms with van der Waals surface area (Å²) in [6, 6.07) is 4.10. The summed E-state index contributed by atoms with van der Waals surface area (Å²) in [4.78, 5) is 0. The van der Waals surface area contributed by atoms with Crippen molar-refractivity contribution < 1.29 is 4.74 Å². The molecule has 2 rings (SSSR count). The van der Waals surface area contributed by atoms with E-state index in [1.165, 1.54) is 6.20 Å². The molecule has 0 unspecified atom stereocenters. The summed E-state index contributed by atoms with van der Waals surface area (Å²) in [5.74, 6) is 0.574. The van der Waals surface area contributed by atoms with Crippen LogP contribution in [0.3, 0.4) is 0 Å². The number of rotatable bonds is 4. The van der Waals surface area contributed by atoms with Gasteiger partial charge in [0.05, 0.1) is 17.9 Å². The van der Waals surface area contributed by atoms with Gasteiger partial charge in [0.15, 0.2) is 5.82 Å². The summed E-state index contributed by atoms with van der Waals surface area (Å²) in [5.41, 5.74) is 0.537. The minimum absolute atomic E-state index is 0.348. The van der Waals surface area contributed by atoms with Crippen molar-refractivity contribution in [3.05, 3.63) is 17.8 Å². The largest absolute Gasteiger partial charge is 0.378 e. The SMILES string of the molecule is CCOC1CC(Nc2nnccc2C#N)C1. The number of nitrogens with one attached hydrogen (secondary N) is 1. The first-order chi connectivity index (χ1) is 7.83. The predicted molar refractivity (Wildman–Crippen MR) is 58.8 cm³/mol. The third-order valence-corrected chi connectivity index (χ3v) is 2.68. The van der Waals surface area contributed by atoms with Gasteiger partial charge in [-0.05, 0) is 25.8 Å². The Bertz CT molecular complexity index is 395. The Morgan fingerprint density at radius 2 is 2.44 bits per heavy atom. The summed E-state index contributed by atoms with van der Waals surface area (Å²) >= 11 is 0. The molecule has 1 aromatic heterocycles. The van der Waals surface area contributed by atoms with E-state index in [0.717, 1.165) is 19.4 Å². The van der Waals surface area contributed by atoms with Gasteiger partial charge in [-0.1, -0.05) is 0 Å². The fourth-order valence-electron chi connectivity index (χ4n) is 1.78. The quantitative estimate of drug-likeness (QED) is 0.825. The highest BCUT2D eigenvalue weighted by Crippen LogP contribution is 2.26. The highest BCUT2D eigenvalue weighted by molar-refractivity contribution is 5.51. The molecule has 0 spiro atoms. The second kappa shape index (κ2) is 4.90. The first kappa shape index (κ1) is 10.8. The zero-order chi connectivity index (χ0) is 11.4. The minimum atomic E-state index is 0.348. The van der Waals surface area contributed by atoms with Crippen LogP contribution >= 0.6 is 0 Å². The van der Waals surface area contributed by atoms with Crippen LogP contribution in [-0.2, 0) is 4.74 Å². The normalized spacial score (nSPS) is 23.2. The van der Waals surface area contributed by atoms with Crippen molar-refractivity contribution in [2.75, 3.05) is 11.9 Å². The van der Waals surface area contributed by atoms with E-state index in [0.29, 0.717) is 23.5 Å². The average Bonchev–Trinajstić information content (AvgIpc) is 2.27. The van der Waals surface area contributed by atoms with Crippen molar-refractivity contribution in [2.24, 2.45) is 0 Å². The average molecular weight is 218 g/mol. The number of nitriles is 1. The van der Waals surface area contributed by atoms with Crippen LogP contribution in [-0.4, -0.2) is 29.0 Å². The third-order valence-electron chi connectivity index (χ3n) is 2.68. The first-order valence-corrected chi connectivity index (χ1v) is 5.43. The van der Waals surface area contributed by atoms with Crippen LogP contribution < -0.4 is 5.32 Å². The summed E-state index contributed by atoms with van der Waals surface area (Å²) in [5, 5.41) is 19.8. The van der Waals surface area contributed by atoms with Crippen LogP contribution in [0.2, 0.25) is 0 Å². The number of anilines is 1. The van der Waals surface area contributed by atoms with Crippen LogP contribution in [0.4, 0.5) is 5.82 Å². The van der Waals surface area contributed by atoms with Crippen molar-refractivity contribution >= 4 is 5.82 Å². The minimum Gasteiger partial charge on any atom is -0.378 e. The molecule has 0 radical (unpaired) electrons. The van der Waals surface area contributed by atoms with Gasteiger partial charge in [0, 0.05) is 12.6 Å². The van der Waals surface area contributed by atoms with Gasteiger partial charge in [0.2, 0.25) is 0 Å². The van der Waals surface area contributed by atoms with Gasteiger partial charge in [-0.25, -0.2) is 0 Å². The number of hydrogen-bond donors (Lipinski definition) is 1. The lowest BCUT2D eigenvalue weighted by Crippen LogP contribution is -2.41. The molecular formula is C11H14N4O. The van der Waals surface area contributed by atoms with Gasteiger partial charge in [-0.3, -0.25) is 0 Å². The Balaban J connectivity index is 1.89. The molecule has 16 heavy (non-hydrogen) atoms. The summed E-state index contributed by atoms with van der Waals surface area (Å²) < 4.78 is 5.46. The molecule has 5 heteroatoms. The molecule has 0 aliphatic heterocycles. The van der Waals surface area contributed by atoms with E-state index in [1.54, 1.807) is 6.07 Å². The van der Waals surface area contributed by atoms with Crippen molar-refractivity contribution in [3.63, 3.8) is 0 Å². The summed E-state index contributed by atoms with van der Waals surface area (Å²) in [6.07, 6.45) is 3.81. The molecule has 1 aliphatic carbocycles. The fraction of sp³-hybridized carbons (Fsp3) is 0.545. The van der Waals surface area contributed by atoms with Crippen LogP contribution in [0.25, 0.3) is 0 Å². The Morgan fingerprint density at radius 1 is 1.62 bits per heavy atom. The van der Waals surface area contributed by atoms with Gasteiger partial charge >= 0.3 is 0 Å². The van der Waals surface area contributed by atoms with Crippen LogP contribution in [0, 0.1) is 11.3 Å². The fourth-order valence-corrected chi connectivity index (χ4v) is 1.78. The number of aromatic nitrogens is 2. The monoisotopic (exact) mass is 218 g/mol. The lowest BCUT2D eigenvalue weighted by atomic mass is 9.89. The topological polar surface area (TPSA) is 70.8 Å². The smallest absolute Gasteiger partial charge is 0.166 e. The number of hydrogen-bond acceptors (Lipinski definition) is 5. The molecule has 0 amide bonds. The maximum Gasteiger partial charge on any atom is 0.166 e. The predicted octanol–water partition coefficient (Wildman–Crippen LogP) is 1.33. The second-order valence-corrected chi connectivity index (χ2v) is 3.80. The van der Waals surface area contributed by atoms with E-state index < -0.39 is 0 Å². The van der Waals surface area contributed by atoms with E-state index in [1.807, 2.05) is 6.92 Å². The number of nitrogens with zero attached hydrogens (tertiary/aromatic N) is 3. The number of ether oxygens (including phenoxy) is 1. The lowest BCUT2D eigenvalue weighted by Gasteiger charge is -2.35. The molecule has 0 aromatic carbocycles. The van der Waals surface area contributed by atoms with E-state index in [4.69, 9.17) is 10.00 Å². The van der Waals surface area contributed by atoms with Gasteiger partial charge in [0.25, 0.3) is 0 Å². The molecule has 1 heterocycles. The maximum absolute atomic E-state index is 8.88. The maximum atomic E-state index is 8.88. The molecule has 84 valence electrons. The molecule has 0 saturated heterocycles. The molecule has 1 fully saturated rings. The molecule has 1 saturated carbocycles. The zero-order valence-corrected chi connectivity index (χ0v) is 9.18. The Kier molecular flexibility index (Phi) is 3.32. The molecule has 1 aromatic rings. The van der Waals surface area contributed by atoms with Crippen LogP contribution in [0.1, 0.15) is 25.3 Å². The summed E-state index contributed by atoms with van der Waals surface area (Å²) in [6.45, 7) is 2.75. The molecule has 1 aliphatic rings. The van der Waals surface area contributed by atoms with E-state index in [9.17, 15) is 0 Å². The zero-order valence-electron chi connectivity index (χ0n) is 9.18. The Hall–Kier alpha value is -1.67. The third kappa shape index (κ3) is 2.28. The van der Waals surface area contributed by atoms with Crippen molar-refractivity contribution in [2.45, 2.75) is 31.9 Å². The molecule has 5 nitrogen and oxygen atoms in total. The standard InChI is InChI=1S/C11H14N4O/c1-2-16-10-5-9(6-10)14-11-8(7-12)3-4-13-15-11/h3-4,9-10H,2,5-6H2,1H3,(H,14,15). The molecule has 1 N–H and O–H groups in total. The van der Waals surface area contributed by atoms with E-state index >= 15 is 0 Å². The molecule has 0 bridgehead atoms. The van der Waals surface area contributed by atoms with Crippen LogP contribution in [0.15, 0.2) is 12.3 Å². The van der Waals surface area contributed by atoms with E-state index in [2.05, 4.69) is 21.6 Å².